The molecule has 0 heterocycles. The second-order valence-electron chi connectivity index (χ2n) is 5.54. The van der Waals surface area contributed by atoms with Crippen LogP contribution in [0.4, 0.5) is 0 Å². The Morgan fingerprint density at radius 3 is 2.25 bits per heavy atom. The maximum atomic E-state index is 9.47. The van der Waals surface area contributed by atoms with Crippen molar-refractivity contribution in [2.45, 2.75) is 58.8 Å². The second kappa shape index (κ2) is 7.60. The summed E-state index contributed by atoms with van der Waals surface area (Å²) in [6, 6.07) is 1.11. The van der Waals surface area contributed by atoms with Crippen LogP contribution in [-0.4, -0.2) is 35.4 Å². The van der Waals surface area contributed by atoms with E-state index in [0.29, 0.717) is 6.61 Å². The molecule has 0 aromatic carbocycles. The Morgan fingerprint density at radius 2 is 1.81 bits per heavy atom. The lowest BCUT2D eigenvalue weighted by Gasteiger charge is -2.26. The van der Waals surface area contributed by atoms with Gasteiger partial charge in [-0.15, -0.1) is 0 Å². The molecule has 98 valence electrons. The third kappa shape index (κ3) is 8.46. The van der Waals surface area contributed by atoms with Crippen molar-refractivity contribution in [2.75, 3.05) is 6.61 Å². The molecule has 0 aromatic heterocycles. The van der Waals surface area contributed by atoms with E-state index in [1.54, 1.807) is 0 Å². The highest BCUT2D eigenvalue weighted by Crippen LogP contribution is 2.15. The summed E-state index contributed by atoms with van der Waals surface area (Å²) >= 11 is 0. The van der Waals surface area contributed by atoms with Crippen molar-refractivity contribution in [1.82, 2.24) is 0 Å². The quantitative estimate of drug-likeness (QED) is 0.416. The molecule has 0 saturated carbocycles. The fraction of sp³-hybridized carbons (Fsp3) is 1.00. The minimum absolute atomic E-state index is 0.171. The SMILES string of the molecule is CC(C)C(O)OCCC[Si](C)(C)O[SiH](C)C. The van der Waals surface area contributed by atoms with Gasteiger partial charge in [0.15, 0.2) is 23.6 Å². The largest absolute Gasteiger partial charge is 0.458 e. The molecule has 0 radical (unpaired) electrons. The van der Waals surface area contributed by atoms with Crippen LogP contribution in [0.1, 0.15) is 20.3 Å². The number of hydrogen-bond donors (Lipinski definition) is 1. The Labute approximate surface area is 103 Å². The summed E-state index contributed by atoms with van der Waals surface area (Å²) in [5.41, 5.74) is 0. The molecule has 0 rings (SSSR count). The lowest BCUT2D eigenvalue weighted by Crippen LogP contribution is -2.35. The van der Waals surface area contributed by atoms with Crippen LogP contribution < -0.4 is 0 Å². The molecule has 0 aromatic rings. The van der Waals surface area contributed by atoms with Gasteiger partial charge in [-0.05, 0) is 38.7 Å². The molecule has 0 aliphatic rings. The third-order valence-corrected chi connectivity index (χ3v) is 8.33. The molecule has 1 N–H and O–H groups in total. The van der Waals surface area contributed by atoms with Crippen LogP contribution >= 0.6 is 0 Å². The Hall–Kier alpha value is 0.314. The molecule has 1 unspecified atom stereocenters. The normalized spacial score (nSPS) is 14.8. The minimum atomic E-state index is -1.47. The molecule has 3 nitrogen and oxygen atoms in total. The first kappa shape index (κ1) is 16.3. The summed E-state index contributed by atoms with van der Waals surface area (Å²) in [6.45, 7) is 13.5. The van der Waals surface area contributed by atoms with E-state index in [0.717, 1.165) is 12.5 Å². The summed E-state index contributed by atoms with van der Waals surface area (Å²) in [7, 11) is -2.38. The third-order valence-electron chi connectivity index (χ3n) is 2.34. The van der Waals surface area contributed by atoms with E-state index >= 15 is 0 Å². The lowest BCUT2D eigenvalue weighted by molar-refractivity contribution is -0.125. The number of aliphatic hydroxyl groups excluding tert-OH is 1. The van der Waals surface area contributed by atoms with Gasteiger partial charge >= 0.3 is 0 Å². The molecule has 1 atom stereocenters. The predicted octanol–water partition coefficient (Wildman–Crippen LogP) is 2.57. The van der Waals surface area contributed by atoms with Gasteiger partial charge in [-0.3, -0.25) is 0 Å². The van der Waals surface area contributed by atoms with Crippen molar-refractivity contribution in [3.05, 3.63) is 0 Å². The van der Waals surface area contributed by atoms with Gasteiger partial charge in [0.1, 0.15) is 0 Å². The van der Waals surface area contributed by atoms with Crippen molar-refractivity contribution in [3.8, 4) is 0 Å². The van der Waals surface area contributed by atoms with Gasteiger partial charge in [0.25, 0.3) is 0 Å². The smallest absolute Gasteiger partial charge is 0.173 e. The van der Waals surface area contributed by atoms with Crippen LogP contribution in [0.2, 0.25) is 32.2 Å². The van der Waals surface area contributed by atoms with E-state index in [2.05, 4.69) is 26.2 Å². The van der Waals surface area contributed by atoms with Crippen molar-refractivity contribution < 1.29 is 14.0 Å². The van der Waals surface area contributed by atoms with Gasteiger partial charge in [0.05, 0.1) is 0 Å². The maximum Gasteiger partial charge on any atom is 0.173 e. The summed E-state index contributed by atoms with van der Waals surface area (Å²) in [5, 5.41) is 9.47. The average molecular weight is 265 g/mol. The zero-order valence-electron chi connectivity index (χ0n) is 11.6. The highest BCUT2D eigenvalue weighted by molar-refractivity contribution is 6.77. The molecule has 0 aliphatic heterocycles. The Balaban J connectivity index is 3.65. The van der Waals surface area contributed by atoms with Gasteiger partial charge in [-0.2, -0.15) is 0 Å². The topological polar surface area (TPSA) is 38.7 Å². The zero-order chi connectivity index (χ0) is 12.8. The number of ether oxygens (including phenoxy) is 1. The first-order chi connectivity index (χ1) is 7.24. The fourth-order valence-electron chi connectivity index (χ4n) is 1.59. The van der Waals surface area contributed by atoms with Crippen LogP contribution in [0.3, 0.4) is 0 Å². The van der Waals surface area contributed by atoms with Gasteiger partial charge in [0.2, 0.25) is 0 Å². The molecule has 0 fully saturated rings. The van der Waals surface area contributed by atoms with Crippen molar-refractivity contribution in [3.63, 3.8) is 0 Å². The highest BCUT2D eigenvalue weighted by atomic mass is 28.4. The van der Waals surface area contributed by atoms with E-state index in [1.165, 1.54) is 0 Å². The Bertz CT molecular complexity index is 184. The molecule has 0 bridgehead atoms. The lowest BCUT2D eigenvalue weighted by atomic mass is 10.2. The number of hydrogen-bond acceptors (Lipinski definition) is 3. The summed E-state index contributed by atoms with van der Waals surface area (Å²) in [5.74, 6) is 0.171. The molecular weight excluding hydrogens is 236 g/mol. The van der Waals surface area contributed by atoms with Gasteiger partial charge < -0.3 is 14.0 Å². The average Bonchev–Trinajstić information content (AvgIpc) is 2.09. The minimum Gasteiger partial charge on any atom is -0.458 e. The van der Waals surface area contributed by atoms with E-state index in [-0.39, 0.29) is 5.92 Å². The molecule has 0 spiro atoms. The van der Waals surface area contributed by atoms with Crippen molar-refractivity contribution >= 4 is 17.4 Å². The van der Waals surface area contributed by atoms with Crippen molar-refractivity contribution in [1.29, 1.82) is 0 Å². The first-order valence-corrected chi connectivity index (χ1v) is 12.1. The fourth-order valence-corrected chi connectivity index (χ4v) is 8.16. The predicted molar refractivity (Wildman–Crippen MR) is 73.7 cm³/mol. The van der Waals surface area contributed by atoms with E-state index in [4.69, 9.17) is 8.85 Å². The van der Waals surface area contributed by atoms with Gasteiger partial charge in [0, 0.05) is 12.5 Å². The summed E-state index contributed by atoms with van der Waals surface area (Å²) in [4.78, 5) is 0. The maximum absolute atomic E-state index is 9.47. The number of rotatable bonds is 8. The van der Waals surface area contributed by atoms with Crippen LogP contribution in [0.25, 0.3) is 0 Å². The molecule has 0 amide bonds. The zero-order valence-corrected chi connectivity index (χ0v) is 13.8. The second-order valence-corrected chi connectivity index (χ2v) is 12.6. The van der Waals surface area contributed by atoms with Crippen LogP contribution in [0.15, 0.2) is 0 Å². The van der Waals surface area contributed by atoms with E-state index in [1.807, 2.05) is 13.8 Å². The van der Waals surface area contributed by atoms with E-state index in [9.17, 15) is 5.11 Å². The van der Waals surface area contributed by atoms with Gasteiger partial charge in [-0.1, -0.05) is 13.8 Å². The molecule has 16 heavy (non-hydrogen) atoms. The monoisotopic (exact) mass is 264 g/mol. The molecule has 0 saturated heterocycles. The summed E-state index contributed by atoms with van der Waals surface area (Å²) in [6.07, 6.45) is 0.370. The van der Waals surface area contributed by atoms with Gasteiger partial charge in [-0.25, -0.2) is 0 Å². The summed E-state index contributed by atoms with van der Waals surface area (Å²) < 4.78 is 11.4. The first-order valence-electron chi connectivity index (χ1n) is 6.22. The standard InChI is InChI=1S/C11H28O3Si2/c1-10(2)11(12)13-8-7-9-16(5,6)14-15(3)4/h10-12,15H,7-9H2,1-6H3. The number of aliphatic hydroxyl groups is 1. The Morgan fingerprint density at radius 1 is 1.25 bits per heavy atom. The van der Waals surface area contributed by atoms with Crippen molar-refractivity contribution in [2.24, 2.45) is 5.92 Å². The molecule has 5 heteroatoms. The Kier molecular flexibility index (Phi) is 7.75. The molecular formula is C11H28O3Si2. The van der Waals surface area contributed by atoms with Crippen LogP contribution in [0, 0.1) is 5.92 Å². The van der Waals surface area contributed by atoms with Crippen LogP contribution in [0.5, 0.6) is 0 Å². The van der Waals surface area contributed by atoms with E-state index < -0.39 is 23.6 Å². The highest BCUT2D eigenvalue weighted by Gasteiger charge is 2.23. The molecule has 0 aliphatic carbocycles. The van der Waals surface area contributed by atoms with Crippen LogP contribution in [-0.2, 0) is 8.85 Å².